The average molecular weight is 369 g/mol. The first-order valence-electron chi connectivity index (χ1n) is 8.58. The zero-order chi connectivity index (χ0) is 19.0. The quantitative estimate of drug-likeness (QED) is 0.662. The predicted molar refractivity (Wildman–Crippen MR) is 107 cm³/mol. The van der Waals surface area contributed by atoms with Crippen molar-refractivity contribution in [3.8, 4) is 0 Å². The molecule has 136 valence electrons. The lowest BCUT2D eigenvalue weighted by atomic mass is 10.0. The van der Waals surface area contributed by atoms with E-state index in [2.05, 4.69) is 37.9 Å². The summed E-state index contributed by atoms with van der Waals surface area (Å²) in [6, 6.07) is 8.25. The van der Waals surface area contributed by atoms with Crippen LogP contribution >= 0.6 is 11.8 Å². The van der Waals surface area contributed by atoms with Crippen LogP contribution in [0, 0.1) is 6.92 Å². The number of nitrogens with zero attached hydrogens (tertiary/aromatic N) is 3. The second-order valence-electron chi connectivity index (χ2n) is 6.82. The Balaban J connectivity index is 2.24. The molecule has 0 aliphatic heterocycles. The summed E-state index contributed by atoms with van der Waals surface area (Å²) in [5, 5.41) is 0.527. The van der Waals surface area contributed by atoms with Crippen molar-refractivity contribution < 1.29 is 0 Å². The van der Waals surface area contributed by atoms with E-state index in [0.29, 0.717) is 11.0 Å². The smallest absolute Gasteiger partial charge is 0.280 e. The van der Waals surface area contributed by atoms with Crippen LogP contribution in [0.4, 0.5) is 0 Å². The average Bonchev–Trinajstić information content (AvgIpc) is 2.63. The molecule has 26 heavy (non-hydrogen) atoms. The van der Waals surface area contributed by atoms with Crippen LogP contribution in [0.1, 0.15) is 36.5 Å². The van der Waals surface area contributed by atoms with E-state index in [9.17, 15) is 9.59 Å². The lowest BCUT2D eigenvalue weighted by molar-refractivity contribution is 0.703. The Morgan fingerprint density at radius 1 is 1.12 bits per heavy atom. The maximum absolute atomic E-state index is 12.9. The molecule has 0 aliphatic carbocycles. The van der Waals surface area contributed by atoms with Crippen LogP contribution in [0.3, 0.4) is 0 Å². The molecule has 3 rings (SSSR count). The molecule has 0 spiro atoms. The van der Waals surface area contributed by atoms with Crippen molar-refractivity contribution in [2.75, 3.05) is 0 Å². The van der Waals surface area contributed by atoms with E-state index in [0.717, 1.165) is 20.8 Å². The molecule has 0 atom stereocenters. The molecule has 6 heteroatoms. The largest absolute Gasteiger partial charge is 0.332 e. The van der Waals surface area contributed by atoms with Gasteiger partial charge in [0, 0.05) is 30.9 Å². The van der Waals surface area contributed by atoms with Gasteiger partial charge >= 0.3 is 5.69 Å². The van der Waals surface area contributed by atoms with Crippen molar-refractivity contribution in [3.05, 3.63) is 68.0 Å². The van der Waals surface area contributed by atoms with Gasteiger partial charge in [-0.05, 0) is 29.5 Å². The van der Waals surface area contributed by atoms with Gasteiger partial charge in [0.25, 0.3) is 5.56 Å². The SMILES string of the molecule is Cc1ccccc1CSc1c(C(C)C)cnc2c1c(=O)n(C)c(=O)n2C. The predicted octanol–water partition coefficient (Wildman–Crippen LogP) is 3.36. The monoisotopic (exact) mass is 369 g/mol. The number of rotatable bonds is 4. The fourth-order valence-electron chi connectivity index (χ4n) is 3.01. The van der Waals surface area contributed by atoms with E-state index in [-0.39, 0.29) is 17.2 Å². The molecule has 0 amide bonds. The Kier molecular flexibility index (Phi) is 5.05. The second-order valence-corrected chi connectivity index (χ2v) is 7.80. The molecule has 1 aromatic carbocycles. The standard InChI is InChI=1S/C20H23N3O2S/c1-12(2)15-10-21-18-16(19(24)23(5)20(25)22(18)4)17(15)26-11-14-9-7-6-8-13(14)3/h6-10,12H,11H2,1-5H3. The van der Waals surface area contributed by atoms with Crippen molar-refractivity contribution in [1.29, 1.82) is 0 Å². The molecule has 0 saturated carbocycles. The summed E-state index contributed by atoms with van der Waals surface area (Å²) in [5.74, 6) is 0.991. The Bertz CT molecular complexity index is 1100. The third-order valence-corrected chi connectivity index (χ3v) is 5.89. The van der Waals surface area contributed by atoms with Gasteiger partial charge in [0.1, 0.15) is 5.65 Å². The van der Waals surface area contributed by atoms with Crippen molar-refractivity contribution in [2.24, 2.45) is 14.1 Å². The second kappa shape index (κ2) is 7.11. The molecule has 2 heterocycles. The van der Waals surface area contributed by atoms with E-state index >= 15 is 0 Å². The van der Waals surface area contributed by atoms with E-state index in [1.54, 1.807) is 25.0 Å². The van der Waals surface area contributed by atoms with Gasteiger partial charge in [-0.25, -0.2) is 9.78 Å². The Morgan fingerprint density at radius 3 is 2.46 bits per heavy atom. The summed E-state index contributed by atoms with van der Waals surface area (Å²) in [7, 11) is 3.17. The van der Waals surface area contributed by atoms with E-state index in [1.807, 2.05) is 12.1 Å². The molecule has 0 saturated heterocycles. The highest BCUT2D eigenvalue weighted by Crippen LogP contribution is 2.34. The summed E-state index contributed by atoms with van der Waals surface area (Å²) < 4.78 is 2.60. The maximum atomic E-state index is 12.9. The van der Waals surface area contributed by atoms with Gasteiger partial charge in [-0.1, -0.05) is 38.1 Å². The normalized spacial score (nSPS) is 11.5. The van der Waals surface area contributed by atoms with Crippen molar-refractivity contribution in [1.82, 2.24) is 14.1 Å². The zero-order valence-electron chi connectivity index (χ0n) is 15.7. The van der Waals surface area contributed by atoms with Gasteiger partial charge in [0.05, 0.1) is 5.39 Å². The molecule has 0 fully saturated rings. The first kappa shape index (κ1) is 18.5. The van der Waals surface area contributed by atoms with Gasteiger partial charge in [-0.15, -0.1) is 11.8 Å². The van der Waals surface area contributed by atoms with E-state index in [4.69, 9.17) is 0 Å². The number of fused-ring (bicyclic) bond motifs is 1. The molecular formula is C20H23N3O2S. The molecule has 0 unspecified atom stereocenters. The van der Waals surface area contributed by atoms with Crippen LogP contribution in [0.5, 0.6) is 0 Å². The van der Waals surface area contributed by atoms with Gasteiger partial charge < -0.3 is 0 Å². The highest BCUT2D eigenvalue weighted by molar-refractivity contribution is 7.98. The summed E-state index contributed by atoms with van der Waals surface area (Å²) in [4.78, 5) is 30.5. The van der Waals surface area contributed by atoms with E-state index < -0.39 is 0 Å². The molecule has 0 radical (unpaired) electrons. The zero-order valence-corrected chi connectivity index (χ0v) is 16.6. The van der Waals surface area contributed by atoms with Crippen molar-refractivity contribution >= 4 is 22.8 Å². The molecule has 0 aliphatic rings. The maximum Gasteiger partial charge on any atom is 0.332 e. The minimum Gasteiger partial charge on any atom is -0.280 e. The number of aromatic nitrogens is 3. The molecule has 0 bridgehead atoms. The third kappa shape index (κ3) is 3.09. The lowest BCUT2D eigenvalue weighted by Gasteiger charge is -2.16. The van der Waals surface area contributed by atoms with Crippen molar-refractivity contribution in [2.45, 2.75) is 37.3 Å². The third-order valence-electron chi connectivity index (χ3n) is 4.70. The van der Waals surface area contributed by atoms with Crippen LogP contribution in [-0.2, 0) is 19.8 Å². The van der Waals surface area contributed by atoms with Gasteiger partial charge in [-0.3, -0.25) is 13.9 Å². The first-order chi connectivity index (χ1) is 12.3. The Morgan fingerprint density at radius 2 is 1.81 bits per heavy atom. The van der Waals surface area contributed by atoms with Crippen LogP contribution in [0.15, 0.2) is 44.9 Å². The molecular weight excluding hydrogens is 346 g/mol. The summed E-state index contributed by atoms with van der Waals surface area (Å²) in [6.45, 7) is 6.27. The minimum atomic E-state index is -0.359. The number of hydrogen-bond donors (Lipinski definition) is 0. The minimum absolute atomic E-state index is 0.230. The topological polar surface area (TPSA) is 56.9 Å². The number of aryl methyl sites for hydroxylation is 2. The van der Waals surface area contributed by atoms with E-state index in [1.165, 1.54) is 22.7 Å². The Labute approximate surface area is 156 Å². The highest BCUT2D eigenvalue weighted by atomic mass is 32.2. The fraction of sp³-hybridized carbons (Fsp3) is 0.350. The van der Waals surface area contributed by atoms with Crippen LogP contribution in [-0.4, -0.2) is 14.1 Å². The summed E-state index contributed by atoms with van der Waals surface area (Å²) in [6.07, 6.45) is 1.80. The summed E-state index contributed by atoms with van der Waals surface area (Å²) >= 11 is 1.64. The highest BCUT2D eigenvalue weighted by Gasteiger charge is 2.19. The number of hydrogen-bond acceptors (Lipinski definition) is 4. The van der Waals surface area contributed by atoms with Crippen LogP contribution in [0.25, 0.3) is 11.0 Å². The number of benzene rings is 1. The molecule has 0 N–H and O–H groups in total. The first-order valence-corrected chi connectivity index (χ1v) is 9.57. The lowest BCUT2D eigenvalue weighted by Crippen LogP contribution is -2.37. The van der Waals surface area contributed by atoms with Gasteiger partial charge in [0.2, 0.25) is 0 Å². The molecule has 5 nitrogen and oxygen atoms in total. The Hall–Kier alpha value is -2.34. The van der Waals surface area contributed by atoms with Crippen LogP contribution < -0.4 is 11.2 Å². The van der Waals surface area contributed by atoms with Crippen LogP contribution in [0.2, 0.25) is 0 Å². The fourth-order valence-corrected chi connectivity index (χ4v) is 4.41. The van der Waals surface area contributed by atoms with Gasteiger partial charge in [-0.2, -0.15) is 0 Å². The number of pyridine rings is 1. The van der Waals surface area contributed by atoms with Crippen molar-refractivity contribution in [3.63, 3.8) is 0 Å². The molecule has 3 aromatic rings. The summed E-state index contributed by atoms with van der Waals surface area (Å²) in [5.41, 5.74) is 3.29. The van der Waals surface area contributed by atoms with Gasteiger partial charge in [0.15, 0.2) is 0 Å². The number of thioether (sulfide) groups is 1. The molecule has 2 aromatic heterocycles.